The fraction of sp³-hybridized carbons (Fsp3) is 0.400. The highest BCUT2D eigenvalue weighted by atomic mass is 35.5. The van der Waals surface area contributed by atoms with Crippen LogP contribution in [-0.2, 0) is 10.0 Å². The first-order valence-corrected chi connectivity index (χ1v) is 10.4. The minimum absolute atomic E-state index is 0. The molecular formula is C20H27ClN2O3S. The van der Waals surface area contributed by atoms with Crippen LogP contribution < -0.4 is 14.8 Å². The molecule has 0 amide bonds. The summed E-state index contributed by atoms with van der Waals surface area (Å²) in [6, 6.07) is 12.7. The number of rotatable bonds is 6. The van der Waals surface area contributed by atoms with Crippen molar-refractivity contribution in [1.82, 2.24) is 5.32 Å². The molecule has 3 rings (SSSR count). The first kappa shape index (κ1) is 21.5. The topological polar surface area (TPSA) is 67.4 Å². The van der Waals surface area contributed by atoms with E-state index in [2.05, 4.69) is 23.9 Å². The number of hydrogen-bond donors (Lipinski definition) is 2. The molecular weight excluding hydrogens is 384 g/mol. The first-order valence-electron chi connectivity index (χ1n) is 8.92. The van der Waals surface area contributed by atoms with Crippen LogP contribution >= 0.6 is 12.4 Å². The van der Waals surface area contributed by atoms with Gasteiger partial charge in [0.25, 0.3) is 10.0 Å². The maximum absolute atomic E-state index is 12.7. The average molecular weight is 411 g/mol. The first-order chi connectivity index (χ1) is 12.4. The third-order valence-corrected chi connectivity index (χ3v) is 6.24. The van der Waals surface area contributed by atoms with Gasteiger partial charge in [-0.2, -0.15) is 0 Å². The summed E-state index contributed by atoms with van der Waals surface area (Å²) >= 11 is 0. The Bertz CT molecular complexity index is 861. The predicted octanol–water partition coefficient (Wildman–Crippen LogP) is 4.12. The summed E-state index contributed by atoms with van der Waals surface area (Å²) in [5, 5.41) is 3.34. The maximum atomic E-state index is 12.7. The van der Waals surface area contributed by atoms with E-state index >= 15 is 0 Å². The second kappa shape index (κ2) is 8.95. The van der Waals surface area contributed by atoms with Crippen LogP contribution in [-0.4, -0.2) is 28.6 Å². The van der Waals surface area contributed by atoms with Gasteiger partial charge in [-0.3, -0.25) is 4.72 Å². The molecule has 1 atom stereocenters. The molecule has 0 aliphatic carbocycles. The van der Waals surface area contributed by atoms with E-state index < -0.39 is 10.0 Å². The molecule has 1 aliphatic heterocycles. The zero-order chi connectivity index (χ0) is 18.7. The molecule has 2 aromatic rings. The molecule has 27 heavy (non-hydrogen) atoms. The molecule has 5 nitrogen and oxygen atoms in total. The van der Waals surface area contributed by atoms with Gasteiger partial charge in [-0.05, 0) is 60.2 Å². The van der Waals surface area contributed by atoms with E-state index in [1.165, 1.54) is 0 Å². The number of nitrogens with one attached hydrogen (secondary N) is 2. The summed E-state index contributed by atoms with van der Waals surface area (Å²) in [5.41, 5.74) is 2.72. The van der Waals surface area contributed by atoms with Crippen LogP contribution in [0.25, 0.3) is 0 Å². The standard InChI is InChI=1S/C20H26N2O3S.ClH/c1-14(2)15-4-7-18(8-5-15)26(23,24)22-19-9-6-16(12-20(19)25-3)17-10-11-21-13-17;/h4-9,12,14,17,21-22H,10-11,13H2,1-3H3;1H. The minimum Gasteiger partial charge on any atom is -0.495 e. The van der Waals surface area contributed by atoms with Gasteiger partial charge in [-0.1, -0.05) is 32.0 Å². The van der Waals surface area contributed by atoms with Gasteiger partial charge in [0.1, 0.15) is 5.75 Å². The van der Waals surface area contributed by atoms with Gasteiger partial charge in [0.15, 0.2) is 0 Å². The summed E-state index contributed by atoms with van der Waals surface area (Å²) in [6.07, 6.45) is 1.08. The summed E-state index contributed by atoms with van der Waals surface area (Å²) < 4.78 is 33.5. The van der Waals surface area contributed by atoms with Crippen LogP contribution in [0.4, 0.5) is 5.69 Å². The molecule has 1 unspecified atom stereocenters. The van der Waals surface area contributed by atoms with Crippen molar-refractivity contribution in [3.05, 3.63) is 53.6 Å². The third-order valence-electron chi connectivity index (χ3n) is 4.86. The van der Waals surface area contributed by atoms with E-state index in [0.717, 1.165) is 30.6 Å². The van der Waals surface area contributed by atoms with E-state index in [9.17, 15) is 8.42 Å². The Labute approximate surface area is 168 Å². The van der Waals surface area contributed by atoms with Crippen LogP contribution in [0.15, 0.2) is 47.4 Å². The Morgan fingerprint density at radius 2 is 1.85 bits per heavy atom. The minimum atomic E-state index is -3.66. The number of sulfonamides is 1. The Kier molecular flexibility index (Phi) is 7.14. The number of anilines is 1. The van der Waals surface area contributed by atoms with Crippen LogP contribution in [0, 0.1) is 0 Å². The number of ether oxygens (including phenoxy) is 1. The average Bonchev–Trinajstić information content (AvgIpc) is 3.16. The Hall–Kier alpha value is -1.76. The highest BCUT2D eigenvalue weighted by Gasteiger charge is 2.20. The molecule has 0 saturated carbocycles. The largest absolute Gasteiger partial charge is 0.495 e. The predicted molar refractivity (Wildman–Crippen MR) is 112 cm³/mol. The van der Waals surface area contributed by atoms with Gasteiger partial charge in [-0.25, -0.2) is 8.42 Å². The van der Waals surface area contributed by atoms with Gasteiger partial charge in [0.2, 0.25) is 0 Å². The van der Waals surface area contributed by atoms with Crippen molar-refractivity contribution in [3.8, 4) is 5.75 Å². The van der Waals surface area contributed by atoms with Crippen molar-refractivity contribution in [3.63, 3.8) is 0 Å². The molecule has 1 saturated heterocycles. The quantitative estimate of drug-likeness (QED) is 0.751. The van der Waals surface area contributed by atoms with Crippen molar-refractivity contribution in [2.75, 3.05) is 24.9 Å². The lowest BCUT2D eigenvalue weighted by Gasteiger charge is -2.16. The number of methoxy groups -OCH3 is 1. The summed E-state index contributed by atoms with van der Waals surface area (Å²) in [6.45, 7) is 6.10. The zero-order valence-corrected chi connectivity index (χ0v) is 17.5. The van der Waals surface area contributed by atoms with E-state index in [1.807, 2.05) is 24.3 Å². The van der Waals surface area contributed by atoms with Crippen LogP contribution in [0.1, 0.15) is 43.2 Å². The summed E-state index contributed by atoms with van der Waals surface area (Å²) in [5.74, 6) is 1.34. The number of benzene rings is 2. The molecule has 1 fully saturated rings. The van der Waals surface area contributed by atoms with Crippen molar-refractivity contribution >= 4 is 28.1 Å². The van der Waals surface area contributed by atoms with Gasteiger partial charge >= 0.3 is 0 Å². The highest BCUT2D eigenvalue weighted by molar-refractivity contribution is 7.92. The second-order valence-corrected chi connectivity index (χ2v) is 8.66. The molecule has 148 valence electrons. The van der Waals surface area contributed by atoms with Crippen molar-refractivity contribution < 1.29 is 13.2 Å². The molecule has 1 aliphatic rings. The highest BCUT2D eigenvalue weighted by Crippen LogP contribution is 2.32. The van der Waals surface area contributed by atoms with Gasteiger partial charge < -0.3 is 10.1 Å². The van der Waals surface area contributed by atoms with Crippen LogP contribution in [0.3, 0.4) is 0 Å². The van der Waals surface area contributed by atoms with Crippen molar-refractivity contribution in [2.45, 2.75) is 37.0 Å². The fourth-order valence-corrected chi connectivity index (χ4v) is 4.29. The van der Waals surface area contributed by atoms with E-state index in [1.54, 1.807) is 25.3 Å². The molecule has 1 heterocycles. The normalized spacial score (nSPS) is 16.8. The zero-order valence-electron chi connectivity index (χ0n) is 15.9. The molecule has 2 N–H and O–H groups in total. The fourth-order valence-electron chi connectivity index (χ4n) is 3.22. The Morgan fingerprint density at radius 1 is 1.15 bits per heavy atom. The SMILES string of the molecule is COc1cc(C2CCNC2)ccc1NS(=O)(=O)c1ccc(C(C)C)cc1.Cl. The third kappa shape index (κ3) is 4.94. The molecule has 0 spiro atoms. The summed E-state index contributed by atoms with van der Waals surface area (Å²) in [4.78, 5) is 0.244. The lowest BCUT2D eigenvalue weighted by Crippen LogP contribution is -2.14. The molecule has 2 aromatic carbocycles. The molecule has 0 aromatic heterocycles. The Morgan fingerprint density at radius 3 is 2.41 bits per heavy atom. The van der Waals surface area contributed by atoms with Gasteiger partial charge in [0.05, 0.1) is 17.7 Å². The van der Waals surface area contributed by atoms with Crippen molar-refractivity contribution in [2.24, 2.45) is 0 Å². The maximum Gasteiger partial charge on any atom is 0.262 e. The van der Waals surface area contributed by atoms with Crippen LogP contribution in [0.2, 0.25) is 0 Å². The van der Waals surface area contributed by atoms with E-state index in [4.69, 9.17) is 4.74 Å². The van der Waals surface area contributed by atoms with E-state index in [-0.39, 0.29) is 17.3 Å². The number of halogens is 1. The van der Waals surface area contributed by atoms with Gasteiger partial charge in [-0.15, -0.1) is 12.4 Å². The Balaban J connectivity index is 0.00000261. The van der Waals surface area contributed by atoms with Gasteiger partial charge in [0, 0.05) is 6.54 Å². The van der Waals surface area contributed by atoms with Crippen molar-refractivity contribution in [1.29, 1.82) is 0 Å². The second-order valence-electron chi connectivity index (χ2n) is 6.98. The monoisotopic (exact) mass is 410 g/mol. The molecule has 0 bridgehead atoms. The summed E-state index contributed by atoms with van der Waals surface area (Å²) in [7, 11) is -2.11. The van der Waals surface area contributed by atoms with E-state index in [0.29, 0.717) is 23.3 Å². The number of hydrogen-bond acceptors (Lipinski definition) is 4. The van der Waals surface area contributed by atoms with Crippen LogP contribution in [0.5, 0.6) is 5.75 Å². The molecule has 0 radical (unpaired) electrons. The lowest BCUT2D eigenvalue weighted by atomic mass is 9.98. The smallest absolute Gasteiger partial charge is 0.262 e. The lowest BCUT2D eigenvalue weighted by molar-refractivity contribution is 0.416. The molecule has 7 heteroatoms.